The molecule has 4 aromatic rings. The van der Waals surface area contributed by atoms with Gasteiger partial charge in [-0.15, -0.1) is 16.4 Å². The Morgan fingerprint density at radius 3 is 2.65 bits per heavy atom. The third kappa shape index (κ3) is 4.15. The summed E-state index contributed by atoms with van der Waals surface area (Å²) in [6.07, 6.45) is 3.47. The van der Waals surface area contributed by atoms with Crippen LogP contribution in [0.1, 0.15) is 23.0 Å². The van der Waals surface area contributed by atoms with Crippen LogP contribution in [0.5, 0.6) is 0 Å². The van der Waals surface area contributed by atoms with Gasteiger partial charge in [0.05, 0.1) is 16.8 Å². The predicted molar refractivity (Wildman–Crippen MR) is 127 cm³/mol. The molecule has 0 saturated carbocycles. The molecule has 1 amide bonds. The van der Waals surface area contributed by atoms with E-state index in [0.29, 0.717) is 35.2 Å². The number of thiophene rings is 1. The lowest BCUT2D eigenvalue weighted by Crippen LogP contribution is -2.55. The molecule has 4 heterocycles. The second-order valence-electron chi connectivity index (χ2n) is 8.11. The third-order valence-electron chi connectivity index (χ3n) is 5.67. The average Bonchev–Trinajstić information content (AvgIpc) is 3.59. The smallest absolute Gasteiger partial charge is 0.253 e. The van der Waals surface area contributed by atoms with Gasteiger partial charge in [-0.1, -0.05) is 23.4 Å². The number of nitrogens with one attached hydrogen (secondary N) is 1. The number of piperazine rings is 1. The van der Waals surface area contributed by atoms with E-state index in [-0.39, 0.29) is 22.7 Å². The fraction of sp³-hybridized carbons (Fsp3) is 0.273. The molecule has 0 unspecified atom stereocenters. The van der Waals surface area contributed by atoms with E-state index in [9.17, 15) is 13.2 Å². The largest absolute Gasteiger partial charge is 0.336 e. The number of imidazole rings is 1. The number of carbonyl (C=O) groups excluding carboxylic acids is 1. The van der Waals surface area contributed by atoms with Gasteiger partial charge in [0.15, 0.2) is 0 Å². The highest BCUT2D eigenvalue weighted by Crippen LogP contribution is 2.32. The van der Waals surface area contributed by atoms with Crippen molar-refractivity contribution in [2.24, 2.45) is 0 Å². The maximum Gasteiger partial charge on any atom is 0.253 e. The number of nitrogens with zero attached hydrogens (tertiary/aromatic N) is 6. The highest BCUT2D eigenvalue weighted by Gasteiger charge is 2.36. The van der Waals surface area contributed by atoms with Crippen molar-refractivity contribution in [2.45, 2.75) is 24.1 Å². The summed E-state index contributed by atoms with van der Waals surface area (Å²) in [5.41, 5.74) is 2.00. The number of aryl methyl sites for hydroxylation is 1. The molecule has 176 valence electrons. The molecule has 3 aromatic heterocycles. The van der Waals surface area contributed by atoms with Crippen LogP contribution in [0.4, 0.5) is 0 Å². The first-order valence-electron chi connectivity index (χ1n) is 10.7. The molecule has 0 aliphatic carbocycles. The third-order valence-corrected chi connectivity index (χ3v) is 9.26. The predicted octanol–water partition coefficient (Wildman–Crippen LogP) is 2.56. The minimum Gasteiger partial charge on any atom is -0.336 e. The van der Waals surface area contributed by atoms with Crippen LogP contribution in [0, 0.1) is 6.92 Å². The van der Waals surface area contributed by atoms with Gasteiger partial charge in [0.25, 0.3) is 15.9 Å². The number of benzene rings is 1. The highest BCUT2D eigenvalue weighted by molar-refractivity contribution is 7.91. The van der Waals surface area contributed by atoms with E-state index in [1.54, 1.807) is 41.6 Å². The second-order valence-corrected chi connectivity index (χ2v) is 11.3. The molecule has 0 bridgehead atoms. The molecule has 1 aliphatic heterocycles. The minimum atomic E-state index is -3.71. The first-order chi connectivity index (χ1) is 16.3. The van der Waals surface area contributed by atoms with Crippen LogP contribution in [0.15, 0.2) is 59.1 Å². The summed E-state index contributed by atoms with van der Waals surface area (Å²) in [6, 6.07) is 12.0. The molecular formula is C22H23N7O3S2. The number of carbonyl (C=O) groups is 1. The van der Waals surface area contributed by atoms with Gasteiger partial charge >= 0.3 is 0 Å². The van der Waals surface area contributed by atoms with Gasteiger partial charge in [-0.25, -0.2) is 13.4 Å². The van der Waals surface area contributed by atoms with E-state index >= 15 is 0 Å². The van der Waals surface area contributed by atoms with Gasteiger partial charge in [0, 0.05) is 37.4 Å². The summed E-state index contributed by atoms with van der Waals surface area (Å²) in [7, 11) is -3.71. The van der Waals surface area contributed by atoms with E-state index in [0.717, 1.165) is 17.0 Å². The molecule has 0 spiro atoms. The minimum absolute atomic E-state index is 0.0854. The maximum atomic E-state index is 13.4. The SMILES string of the molecule is Cc1c[nH]c(-n2cc(-c3ccc(S(=O)(=O)N4CCN(C(=O)c5ccccc5)C[C@H]4C)s3)nn2)n1. The van der Waals surface area contributed by atoms with Gasteiger partial charge in [-0.2, -0.15) is 8.99 Å². The average molecular weight is 498 g/mol. The molecule has 34 heavy (non-hydrogen) atoms. The number of H-pyrrole nitrogens is 1. The fourth-order valence-corrected chi connectivity index (χ4v) is 6.95. The van der Waals surface area contributed by atoms with Gasteiger partial charge in [-0.3, -0.25) is 4.79 Å². The van der Waals surface area contributed by atoms with E-state index in [2.05, 4.69) is 20.3 Å². The Morgan fingerprint density at radius 2 is 1.94 bits per heavy atom. The summed E-state index contributed by atoms with van der Waals surface area (Å²) >= 11 is 1.15. The summed E-state index contributed by atoms with van der Waals surface area (Å²) in [6.45, 7) is 4.61. The number of aromatic amines is 1. The molecule has 12 heteroatoms. The van der Waals surface area contributed by atoms with E-state index in [1.165, 1.54) is 8.99 Å². The molecule has 5 rings (SSSR count). The van der Waals surface area contributed by atoms with Crippen LogP contribution in [0.2, 0.25) is 0 Å². The van der Waals surface area contributed by atoms with Gasteiger partial charge in [0.2, 0.25) is 5.95 Å². The Hall–Kier alpha value is -3.35. The zero-order chi connectivity index (χ0) is 23.9. The van der Waals surface area contributed by atoms with E-state index in [1.807, 2.05) is 32.0 Å². The number of aromatic nitrogens is 5. The Kier molecular flexibility index (Phi) is 5.80. The van der Waals surface area contributed by atoms with Crippen LogP contribution < -0.4 is 0 Å². The summed E-state index contributed by atoms with van der Waals surface area (Å²) in [5, 5.41) is 8.25. The van der Waals surface area contributed by atoms with Crippen molar-refractivity contribution in [3.8, 4) is 16.5 Å². The lowest BCUT2D eigenvalue weighted by atomic mass is 10.1. The van der Waals surface area contributed by atoms with Crippen molar-refractivity contribution in [1.29, 1.82) is 0 Å². The summed E-state index contributed by atoms with van der Waals surface area (Å²) < 4.78 is 30.0. The van der Waals surface area contributed by atoms with Crippen LogP contribution >= 0.6 is 11.3 Å². The summed E-state index contributed by atoms with van der Waals surface area (Å²) in [5.74, 6) is 0.454. The molecule has 1 aliphatic rings. The van der Waals surface area contributed by atoms with Crippen LogP contribution in [-0.4, -0.2) is 74.2 Å². The van der Waals surface area contributed by atoms with Gasteiger partial charge in [0.1, 0.15) is 9.90 Å². The molecule has 1 N–H and O–H groups in total. The molecule has 1 aromatic carbocycles. The summed E-state index contributed by atoms with van der Waals surface area (Å²) in [4.78, 5) is 22.5. The maximum absolute atomic E-state index is 13.4. The number of hydrogen-bond donors (Lipinski definition) is 1. The molecule has 1 fully saturated rings. The Balaban J connectivity index is 1.31. The Bertz CT molecular complexity index is 1430. The number of hydrogen-bond acceptors (Lipinski definition) is 7. The van der Waals surface area contributed by atoms with Crippen molar-refractivity contribution in [3.05, 3.63) is 66.1 Å². The van der Waals surface area contributed by atoms with Gasteiger partial charge in [-0.05, 0) is 38.1 Å². The first kappa shape index (κ1) is 22.4. The van der Waals surface area contributed by atoms with Crippen molar-refractivity contribution in [2.75, 3.05) is 19.6 Å². The fourth-order valence-electron chi connectivity index (χ4n) is 3.96. The normalized spacial score (nSPS) is 17.2. The number of amides is 1. The van der Waals surface area contributed by atoms with Gasteiger partial charge < -0.3 is 9.88 Å². The number of sulfonamides is 1. The zero-order valence-electron chi connectivity index (χ0n) is 18.6. The molecule has 0 radical (unpaired) electrons. The highest BCUT2D eigenvalue weighted by atomic mass is 32.2. The molecular weight excluding hydrogens is 474 g/mol. The van der Waals surface area contributed by atoms with Crippen molar-refractivity contribution < 1.29 is 13.2 Å². The first-order valence-corrected chi connectivity index (χ1v) is 13.0. The van der Waals surface area contributed by atoms with E-state index in [4.69, 9.17) is 0 Å². The topological polar surface area (TPSA) is 117 Å². The second kappa shape index (κ2) is 8.78. The number of rotatable bonds is 5. The lowest BCUT2D eigenvalue weighted by Gasteiger charge is -2.38. The quantitative estimate of drug-likeness (QED) is 0.453. The monoisotopic (exact) mass is 497 g/mol. The van der Waals surface area contributed by atoms with Crippen molar-refractivity contribution >= 4 is 27.3 Å². The van der Waals surface area contributed by atoms with Crippen molar-refractivity contribution in [1.82, 2.24) is 34.2 Å². The zero-order valence-corrected chi connectivity index (χ0v) is 20.3. The lowest BCUT2D eigenvalue weighted by molar-refractivity contribution is 0.0642. The standard InChI is InChI=1S/C22H23N7O3S2/c1-15-12-23-22(24-15)28-14-18(25-26-28)19-8-9-20(33-19)34(31,32)29-11-10-27(13-16(29)2)21(30)17-6-4-3-5-7-17/h3-9,12,14,16H,10-11,13H2,1-2H3,(H,23,24)/t16-/m1/s1. The molecule has 1 atom stereocenters. The molecule has 10 nitrogen and oxygen atoms in total. The van der Waals surface area contributed by atoms with Crippen LogP contribution in [0.25, 0.3) is 16.5 Å². The van der Waals surface area contributed by atoms with Crippen LogP contribution in [-0.2, 0) is 10.0 Å². The Labute approximate surface area is 200 Å². The van der Waals surface area contributed by atoms with Crippen LogP contribution in [0.3, 0.4) is 0 Å². The Morgan fingerprint density at radius 1 is 1.15 bits per heavy atom. The molecule has 1 saturated heterocycles. The van der Waals surface area contributed by atoms with E-state index < -0.39 is 10.0 Å². The van der Waals surface area contributed by atoms with Crippen molar-refractivity contribution in [3.63, 3.8) is 0 Å².